The Morgan fingerprint density at radius 3 is 2.65 bits per heavy atom. The molecule has 1 aliphatic heterocycles. The van der Waals surface area contributed by atoms with E-state index >= 15 is 0 Å². The van der Waals surface area contributed by atoms with E-state index in [1.54, 1.807) is 6.92 Å². The molecular formula is C20H14N2O4. The van der Waals surface area contributed by atoms with Crippen LogP contribution in [0, 0.1) is 18.3 Å². The third-order valence-electron chi connectivity index (χ3n) is 4.51. The van der Waals surface area contributed by atoms with Gasteiger partial charge in [0.15, 0.2) is 0 Å². The number of rotatable bonds is 1. The normalized spacial score (nSPS) is 16.1. The van der Waals surface area contributed by atoms with Gasteiger partial charge in [0.05, 0.1) is 16.9 Å². The van der Waals surface area contributed by atoms with Gasteiger partial charge in [-0.15, -0.1) is 0 Å². The molecule has 6 heteroatoms. The predicted octanol–water partition coefficient (Wildman–Crippen LogP) is 3.03. The van der Waals surface area contributed by atoms with Crippen LogP contribution >= 0.6 is 0 Å². The number of benzene rings is 2. The maximum atomic E-state index is 11.7. The largest absolute Gasteiger partial charge is 0.507 e. The minimum atomic E-state index is -0.583. The topological polar surface area (TPSA) is 109 Å². The highest BCUT2D eigenvalue weighted by Gasteiger charge is 2.35. The molecule has 128 valence electrons. The highest BCUT2D eigenvalue weighted by Crippen LogP contribution is 2.49. The predicted molar refractivity (Wildman–Crippen MR) is 94.6 cm³/mol. The second-order valence-electron chi connectivity index (χ2n) is 6.10. The first kappa shape index (κ1) is 15.8. The first-order valence-electron chi connectivity index (χ1n) is 7.94. The number of ether oxygens (including phenoxy) is 1. The molecule has 0 spiro atoms. The lowest BCUT2D eigenvalue weighted by atomic mass is 9.82. The molecule has 6 nitrogen and oxygen atoms in total. The number of hydrogen-bond acceptors (Lipinski definition) is 6. The fourth-order valence-electron chi connectivity index (χ4n) is 3.41. The molecule has 0 amide bonds. The molecule has 0 aliphatic carbocycles. The number of nitrogens with zero attached hydrogens (tertiary/aromatic N) is 1. The fraction of sp³-hybridized carbons (Fsp3) is 0.100. The average molecular weight is 346 g/mol. The first-order valence-corrected chi connectivity index (χ1v) is 7.94. The number of aromatic hydroxyl groups is 1. The quantitative estimate of drug-likeness (QED) is 0.656. The monoisotopic (exact) mass is 346 g/mol. The van der Waals surface area contributed by atoms with Gasteiger partial charge < -0.3 is 20.0 Å². The minimum absolute atomic E-state index is 0.0358. The molecule has 0 bridgehead atoms. The Hall–Kier alpha value is -3.72. The summed E-state index contributed by atoms with van der Waals surface area (Å²) < 4.78 is 10.9. The Balaban J connectivity index is 2.13. The molecule has 0 saturated carbocycles. The first-order chi connectivity index (χ1) is 12.5. The van der Waals surface area contributed by atoms with Crippen LogP contribution in [0.5, 0.6) is 11.5 Å². The Labute approximate surface area is 148 Å². The van der Waals surface area contributed by atoms with Crippen LogP contribution in [0.4, 0.5) is 0 Å². The van der Waals surface area contributed by atoms with E-state index in [1.807, 2.05) is 30.3 Å². The molecule has 4 rings (SSSR count). The molecule has 3 aromatic rings. The zero-order chi connectivity index (χ0) is 18.4. The summed E-state index contributed by atoms with van der Waals surface area (Å²) in [5.41, 5.74) is 7.76. The van der Waals surface area contributed by atoms with E-state index < -0.39 is 11.5 Å². The summed E-state index contributed by atoms with van der Waals surface area (Å²) in [6.07, 6.45) is 0. The van der Waals surface area contributed by atoms with Crippen molar-refractivity contribution in [3.8, 4) is 17.6 Å². The molecule has 0 fully saturated rings. The Kier molecular flexibility index (Phi) is 3.44. The van der Waals surface area contributed by atoms with Crippen molar-refractivity contribution in [3.63, 3.8) is 0 Å². The zero-order valence-corrected chi connectivity index (χ0v) is 13.8. The summed E-state index contributed by atoms with van der Waals surface area (Å²) in [7, 11) is 0. The smallest absolute Gasteiger partial charge is 0.336 e. The van der Waals surface area contributed by atoms with E-state index in [-0.39, 0.29) is 22.8 Å². The summed E-state index contributed by atoms with van der Waals surface area (Å²) in [4.78, 5) is 11.7. The van der Waals surface area contributed by atoms with Crippen LogP contribution in [-0.2, 0) is 0 Å². The third-order valence-corrected chi connectivity index (χ3v) is 4.51. The molecule has 26 heavy (non-hydrogen) atoms. The van der Waals surface area contributed by atoms with E-state index in [0.29, 0.717) is 22.3 Å². The van der Waals surface area contributed by atoms with Gasteiger partial charge in [-0.05, 0) is 18.1 Å². The van der Waals surface area contributed by atoms with E-state index in [4.69, 9.17) is 14.9 Å². The van der Waals surface area contributed by atoms with E-state index in [1.165, 1.54) is 12.1 Å². The second-order valence-corrected chi connectivity index (χ2v) is 6.10. The van der Waals surface area contributed by atoms with Crippen molar-refractivity contribution in [1.29, 1.82) is 5.26 Å². The number of phenols is 1. The zero-order valence-electron chi connectivity index (χ0n) is 13.8. The van der Waals surface area contributed by atoms with Crippen LogP contribution < -0.4 is 16.1 Å². The van der Waals surface area contributed by atoms with Crippen molar-refractivity contribution < 1.29 is 14.3 Å². The summed E-state index contributed by atoms with van der Waals surface area (Å²) >= 11 is 0. The van der Waals surface area contributed by atoms with Gasteiger partial charge in [0.2, 0.25) is 5.88 Å². The molecule has 1 atom stereocenters. The SMILES string of the molecule is Cc1cc(=O)oc2cc(O)c3c(c12)OC(N)=C(C#N)[C@H]3c1ccccc1. The van der Waals surface area contributed by atoms with Crippen molar-refractivity contribution in [2.75, 3.05) is 0 Å². The molecule has 1 aliphatic rings. The lowest BCUT2D eigenvalue weighted by Gasteiger charge is -2.28. The molecule has 0 saturated heterocycles. The second kappa shape index (κ2) is 5.67. The minimum Gasteiger partial charge on any atom is -0.507 e. The van der Waals surface area contributed by atoms with Gasteiger partial charge in [-0.3, -0.25) is 0 Å². The molecule has 0 unspecified atom stereocenters. The van der Waals surface area contributed by atoms with E-state index in [0.717, 1.165) is 5.56 Å². The van der Waals surface area contributed by atoms with Crippen molar-refractivity contribution in [2.24, 2.45) is 5.73 Å². The number of fused-ring (bicyclic) bond motifs is 3. The number of hydrogen-bond donors (Lipinski definition) is 2. The van der Waals surface area contributed by atoms with Gasteiger partial charge in [-0.25, -0.2) is 4.79 Å². The number of allylic oxidation sites excluding steroid dienone is 1. The van der Waals surface area contributed by atoms with Crippen LogP contribution in [0.3, 0.4) is 0 Å². The molecule has 0 radical (unpaired) electrons. The van der Waals surface area contributed by atoms with Crippen molar-refractivity contribution in [2.45, 2.75) is 12.8 Å². The van der Waals surface area contributed by atoms with E-state index in [9.17, 15) is 15.2 Å². The summed E-state index contributed by atoms with van der Waals surface area (Å²) in [5.74, 6) is -0.450. The van der Waals surface area contributed by atoms with Crippen LogP contribution in [0.1, 0.15) is 22.6 Å². The van der Waals surface area contributed by atoms with Crippen LogP contribution in [-0.4, -0.2) is 5.11 Å². The Morgan fingerprint density at radius 2 is 1.96 bits per heavy atom. The van der Waals surface area contributed by atoms with Crippen LogP contribution in [0.25, 0.3) is 11.0 Å². The number of aryl methyl sites for hydroxylation is 1. The average Bonchev–Trinajstić information content (AvgIpc) is 2.60. The third kappa shape index (κ3) is 2.22. The summed E-state index contributed by atoms with van der Waals surface area (Å²) in [6, 6.07) is 14.1. The number of phenolic OH excluding ortho intramolecular Hbond substituents is 1. The Bertz CT molecular complexity index is 1170. The standard InChI is InChI=1S/C20H14N2O4/c1-10-7-15(24)25-14-8-13(23)18-17(11-5-3-2-4-6-11)12(9-21)20(22)26-19(18)16(10)14/h2-8,17,23H,22H2,1H3/t17-/m1/s1. The van der Waals surface area contributed by atoms with Gasteiger partial charge >= 0.3 is 5.63 Å². The highest BCUT2D eigenvalue weighted by molar-refractivity contribution is 5.91. The lowest BCUT2D eigenvalue weighted by Crippen LogP contribution is -2.21. The Morgan fingerprint density at radius 1 is 1.23 bits per heavy atom. The van der Waals surface area contributed by atoms with Gasteiger partial charge in [-0.2, -0.15) is 5.26 Å². The number of nitrogens with two attached hydrogens (primary N) is 1. The molecule has 1 aromatic heterocycles. The number of nitriles is 1. The maximum absolute atomic E-state index is 11.7. The van der Waals surface area contributed by atoms with Crippen molar-refractivity contribution in [1.82, 2.24) is 0 Å². The van der Waals surface area contributed by atoms with Crippen molar-refractivity contribution in [3.05, 3.63) is 81.0 Å². The van der Waals surface area contributed by atoms with Crippen molar-refractivity contribution >= 4 is 11.0 Å². The molecular weight excluding hydrogens is 332 g/mol. The summed E-state index contributed by atoms with van der Waals surface area (Å²) in [6.45, 7) is 1.75. The highest BCUT2D eigenvalue weighted by atomic mass is 16.5. The van der Waals surface area contributed by atoms with Crippen LogP contribution in [0.2, 0.25) is 0 Å². The van der Waals surface area contributed by atoms with E-state index in [2.05, 4.69) is 6.07 Å². The fourth-order valence-corrected chi connectivity index (χ4v) is 3.41. The maximum Gasteiger partial charge on any atom is 0.336 e. The molecule has 3 N–H and O–H groups in total. The van der Waals surface area contributed by atoms with Gasteiger partial charge in [-0.1, -0.05) is 30.3 Å². The van der Waals surface area contributed by atoms with Crippen LogP contribution in [0.15, 0.2) is 63.1 Å². The van der Waals surface area contributed by atoms with Gasteiger partial charge in [0, 0.05) is 12.1 Å². The van der Waals surface area contributed by atoms with Gasteiger partial charge in [0.1, 0.15) is 28.7 Å². The molecule has 2 heterocycles. The summed E-state index contributed by atoms with van der Waals surface area (Å²) in [5, 5.41) is 20.8. The molecule has 2 aromatic carbocycles. The lowest BCUT2D eigenvalue weighted by molar-refractivity contribution is 0.385. The van der Waals surface area contributed by atoms with Gasteiger partial charge in [0.25, 0.3) is 0 Å².